The Kier molecular flexibility index (Phi) is 5.16. The van der Waals surface area contributed by atoms with E-state index in [2.05, 4.69) is 33.8 Å². The highest BCUT2D eigenvalue weighted by Crippen LogP contribution is 2.24. The Morgan fingerprint density at radius 2 is 1.54 bits per heavy atom. The summed E-state index contributed by atoms with van der Waals surface area (Å²) in [6.07, 6.45) is 3.85. The van der Waals surface area contributed by atoms with Gasteiger partial charge in [0.15, 0.2) is 0 Å². The van der Waals surface area contributed by atoms with Gasteiger partial charge in [-0.05, 0) is 44.4 Å². The fraction of sp³-hybridized carbons (Fsp3) is 0.500. The lowest BCUT2D eigenvalue weighted by atomic mass is 10.1. The second kappa shape index (κ2) is 7.70. The number of hydrogen-bond donors (Lipinski definition) is 0. The first-order chi connectivity index (χ1) is 12.7. The maximum absolute atomic E-state index is 6.14. The lowest BCUT2D eigenvalue weighted by Crippen LogP contribution is -2.47. The number of benzene rings is 1. The van der Waals surface area contributed by atoms with E-state index in [0.717, 1.165) is 61.8 Å². The summed E-state index contributed by atoms with van der Waals surface area (Å²) in [6, 6.07) is 10.2. The van der Waals surface area contributed by atoms with Gasteiger partial charge in [-0.1, -0.05) is 17.7 Å². The average molecular weight is 372 g/mol. The summed E-state index contributed by atoms with van der Waals surface area (Å²) < 4.78 is 0. The molecule has 0 N–H and O–H groups in total. The Hall–Kier alpha value is -2.01. The molecule has 2 saturated heterocycles. The van der Waals surface area contributed by atoms with Crippen molar-refractivity contribution in [3.8, 4) is 0 Å². The van der Waals surface area contributed by atoms with Crippen LogP contribution in [-0.2, 0) is 0 Å². The van der Waals surface area contributed by atoms with Crippen molar-refractivity contribution < 1.29 is 0 Å². The van der Waals surface area contributed by atoms with Gasteiger partial charge in [-0.25, -0.2) is 4.98 Å². The molecular weight excluding hydrogens is 346 g/mol. The number of rotatable bonds is 3. The molecule has 0 atom stereocenters. The summed E-state index contributed by atoms with van der Waals surface area (Å²) in [5.74, 6) is 1.96. The molecule has 0 aliphatic carbocycles. The van der Waals surface area contributed by atoms with Crippen molar-refractivity contribution in [3.63, 3.8) is 0 Å². The van der Waals surface area contributed by atoms with Crippen LogP contribution in [0.15, 0.2) is 30.3 Å². The van der Waals surface area contributed by atoms with Gasteiger partial charge in [0.2, 0.25) is 5.95 Å². The van der Waals surface area contributed by atoms with Crippen LogP contribution >= 0.6 is 11.6 Å². The van der Waals surface area contributed by atoms with Crippen LogP contribution in [0.25, 0.3) is 0 Å². The molecule has 0 radical (unpaired) electrons. The minimum Gasteiger partial charge on any atom is -0.368 e. The molecule has 0 saturated carbocycles. The first-order valence-corrected chi connectivity index (χ1v) is 9.93. The lowest BCUT2D eigenvalue weighted by Gasteiger charge is -2.36. The number of anilines is 3. The minimum absolute atomic E-state index is 0.790. The van der Waals surface area contributed by atoms with Gasteiger partial charge in [0.05, 0.1) is 0 Å². The quantitative estimate of drug-likeness (QED) is 0.821. The zero-order valence-corrected chi connectivity index (χ0v) is 16.1. The lowest BCUT2D eigenvalue weighted by molar-refractivity contribution is 0.571. The molecule has 2 fully saturated rings. The molecule has 5 nitrogen and oxygen atoms in total. The van der Waals surface area contributed by atoms with E-state index in [1.54, 1.807) is 0 Å². The fourth-order valence-electron chi connectivity index (χ4n) is 3.80. The third-order valence-corrected chi connectivity index (χ3v) is 5.48. The number of nitrogens with zero attached hydrogens (tertiary/aromatic N) is 5. The molecule has 1 aromatic carbocycles. The molecule has 6 heteroatoms. The minimum atomic E-state index is 0.790. The van der Waals surface area contributed by atoms with Gasteiger partial charge >= 0.3 is 0 Å². The SMILES string of the molecule is Cc1cc(N2CCCCC2)nc(N2CCN(c3cccc(Cl)c3)CC2)n1. The third kappa shape index (κ3) is 3.88. The normalized spacial score (nSPS) is 18.3. The number of piperazine rings is 1. The van der Waals surface area contributed by atoms with E-state index in [0.29, 0.717) is 0 Å². The van der Waals surface area contributed by atoms with Crippen molar-refractivity contribution in [2.45, 2.75) is 26.2 Å². The van der Waals surface area contributed by atoms with Crippen LogP contribution in [0, 0.1) is 6.92 Å². The standard InChI is InChI=1S/C20H26ClN5/c1-16-14-19(25-8-3-2-4-9-25)23-20(22-16)26-12-10-24(11-13-26)18-7-5-6-17(21)15-18/h5-7,14-15H,2-4,8-13H2,1H3. The van der Waals surface area contributed by atoms with Crippen molar-refractivity contribution in [1.29, 1.82) is 0 Å². The van der Waals surface area contributed by atoms with Crippen LogP contribution in [0.4, 0.5) is 17.5 Å². The van der Waals surface area contributed by atoms with Gasteiger partial charge < -0.3 is 14.7 Å². The Morgan fingerprint density at radius 1 is 0.808 bits per heavy atom. The van der Waals surface area contributed by atoms with Gasteiger partial charge in [-0.3, -0.25) is 0 Å². The van der Waals surface area contributed by atoms with Crippen molar-refractivity contribution >= 4 is 29.1 Å². The van der Waals surface area contributed by atoms with Gasteiger partial charge in [0.25, 0.3) is 0 Å². The molecule has 3 heterocycles. The second-order valence-corrected chi connectivity index (χ2v) is 7.61. The van der Waals surface area contributed by atoms with Crippen molar-refractivity contribution in [2.75, 3.05) is 54.0 Å². The van der Waals surface area contributed by atoms with E-state index in [-0.39, 0.29) is 0 Å². The molecule has 0 amide bonds. The van der Waals surface area contributed by atoms with Gasteiger partial charge in [-0.2, -0.15) is 4.98 Å². The summed E-state index contributed by atoms with van der Waals surface area (Å²) in [5, 5.41) is 0.790. The molecule has 138 valence electrons. The molecule has 0 spiro atoms. The molecule has 1 aromatic heterocycles. The Morgan fingerprint density at radius 3 is 2.27 bits per heavy atom. The first-order valence-electron chi connectivity index (χ1n) is 9.55. The summed E-state index contributed by atoms with van der Waals surface area (Å²) >= 11 is 6.14. The Labute approximate surface area is 160 Å². The molecule has 4 rings (SSSR count). The van der Waals surface area contributed by atoms with E-state index in [1.165, 1.54) is 24.9 Å². The highest BCUT2D eigenvalue weighted by Gasteiger charge is 2.21. The van der Waals surface area contributed by atoms with E-state index in [4.69, 9.17) is 21.6 Å². The summed E-state index contributed by atoms with van der Waals surface area (Å²) in [6.45, 7) is 8.05. The zero-order chi connectivity index (χ0) is 17.9. The summed E-state index contributed by atoms with van der Waals surface area (Å²) in [4.78, 5) is 16.7. The van der Waals surface area contributed by atoms with Crippen LogP contribution in [-0.4, -0.2) is 49.2 Å². The monoisotopic (exact) mass is 371 g/mol. The molecule has 0 bridgehead atoms. The maximum Gasteiger partial charge on any atom is 0.227 e. The van der Waals surface area contributed by atoms with E-state index < -0.39 is 0 Å². The van der Waals surface area contributed by atoms with E-state index >= 15 is 0 Å². The van der Waals surface area contributed by atoms with Crippen LogP contribution in [0.3, 0.4) is 0 Å². The number of aromatic nitrogens is 2. The Balaban J connectivity index is 1.46. The van der Waals surface area contributed by atoms with Crippen molar-refractivity contribution in [2.24, 2.45) is 0 Å². The van der Waals surface area contributed by atoms with Gasteiger partial charge in [0.1, 0.15) is 5.82 Å². The zero-order valence-electron chi connectivity index (χ0n) is 15.4. The third-order valence-electron chi connectivity index (χ3n) is 5.24. The highest BCUT2D eigenvalue weighted by atomic mass is 35.5. The van der Waals surface area contributed by atoms with E-state index in [1.807, 2.05) is 18.2 Å². The molecule has 0 unspecified atom stereocenters. The summed E-state index contributed by atoms with van der Waals surface area (Å²) in [5.41, 5.74) is 2.24. The number of piperidine rings is 1. The molecule has 2 aliphatic rings. The van der Waals surface area contributed by atoms with E-state index in [9.17, 15) is 0 Å². The van der Waals surface area contributed by atoms with Crippen LogP contribution in [0.2, 0.25) is 5.02 Å². The average Bonchev–Trinajstić information content (AvgIpc) is 2.68. The van der Waals surface area contributed by atoms with Crippen LogP contribution in [0.5, 0.6) is 0 Å². The second-order valence-electron chi connectivity index (χ2n) is 7.17. The maximum atomic E-state index is 6.14. The predicted octanol–water partition coefficient (Wildman–Crippen LogP) is 3.76. The predicted molar refractivity (Wildman–Crippen MR) is 109 cm³/mol. The number of halogens is 1. The number of hydrogen-bond acceptors (Lipinski definition) is 5. The van der Waals surface area contributed by atoms with Crippen LogP contribution in [0.1, 0.15) is 25.0 Å². The fourth-order valence-corrected chi connectivity index (χ4v) is 3.99. The highest BCUT2D eigenvalue weighted by molar-refractivity contribution is 6.30. The topological polar surface area (TPSA) is 35.5 Å². The molecular formula is C20H26ClN5. The first kappa shape index (κ1) is 17.4. The largest absolute Gasteiger partial charge is 0.368 e. The van der Waals surface area contributed by atoms with Gasteiger partial charge in [0, 0.05) is 61.7 Å². The van der Waals surface area contributed by atoms with Crippen molar-refractivity contribution in [1.82, 2.24) is 9.97 Å². The molecule has 2 aliphatic heterocycles. The summed E-state index contributed by atoms with van der Waals surface area (Å²) in [7, 11) is 0. The molecule has 26 heavy (non-hydrogen) atoms. The smallest absolute Gasteiger partial charge is 0.227 e. The van der Waals surface area contributed by atoms with Crippen molar-refractivity contribution in [3.05, 3.63) is 41.0 Å². The molecule has 2 aromatic rings. The Bertz CT molecular complexity index is 752. The van der Waals surface area contributed by atoms with Crippen LogP contribution < -0.4 is 14.7 Å². The number of aryl methyl sites for hydroxylation is 1. The van der Waals surface area contributed by atoms with Gasteiger partial charge in [-0.15, -0.1) is 0 Å².